The van der Waals surface area contributed by atoms with Crippen LogP contribution in [0.2, 0.25) is 0 Å². The first-order valence-corrected chi connectivity index (χ1v) is 12.3. The summed E-state index contributed by atoms with van der Waals surface area (Å²) >= 11 is 0. The number of hydrogen-bond donors (Lipinski definition) is 3. The number of nitrogens with zero attached hydrogens (tertiary/aromatic N) is 2. The molecule has 1 fully saturated rings. The summed E-state index contributed by atoms with van der Waals surface area (Å²) in [7, 11) is 0. The first-order chi connectivity index (χ1) is 17.2. The smallest absolute Gasteiger partial charge is 0.326 e. The number of nitrogens with one attached hydrogen (secondary N) is 2. The van der Waals surface area contributed by atoms with Crippen LogP contribution in [-0.4, -0.2) is 64.8 Å². The minimum atomic E-state index is -1.41. The molecular weight excluding hydrogens is 473 g/mol. The van der Waals surface area contributed by atoms with Crippen molar-refractivity contribution < 1.29 is 27.9 Å². The van der Waals surface area contributed by atoms with Gasteiger partial charge in [0.1, 0.15) is 29.2 Å². The Morgan fingerprint density at radius 2 is 1.97 bits per heavy atom. The molecule has 0 aliphatic carbocycles. The lowest BCUT2D eigenvalue weighted by atomic mass is 9.89. The van der Waals surface area contributed by atoms with Gasteiger partial charge >= 0.3 is 5.97 Å². The Hall–Kier alpha value is -3.14. The van der Waals surface area contributed by atoms with Gasteiger partial charge in [-0.2, -0.15) is 0 Å². The van der Waals surface area contributed by atoms with Crippen LogP contribution >= 0.6 is 0 Å². The number of carboxylic acid groups (broad SMARTS) is 1. The molecule has 194 valence electrons. The third-order valence-electron chi connectivity index (χ3n) is 6.85. The van der Waals surface area contributed by atoms with E-state index in [9.17, 15) is 23.5 Å². The van der Waals surface area contributed by atoms with Crippen LogP contribution in [0.15, 0.2) is 30.3 Å². The molecule has 10 heteroatoms. The molecule has 2 atom stereocenters. The number of aromatic nitrogens is 1. The molecule has 3 heterocycles. The maximum atomic E-state index is 15.7. The third-order valence-corrected chi connectivity index (χ3v) is 6.85. The second-order valence-electron chi connectivity index (χ2n) is 9.68. The Morgan fingerprint density at radius 1 is 1.19 bits per heavy atom. The Bertz CT molecular complexity index is 1100. The van der Waals surface area contributed by atoms with Gasteiger partial charge in [-0.15, -0.1) is 0 Å². The van der Waals surface area contributed by atoms with E-state index < -0.39 is 35.2 Å². The topological polar surface area (TPSA) is 94.6 Å². The van der Waals surface area contributed by atoms with Gasteiger partial charge in [-0.1, -0.05) is 6.07 Å². The van der Waals surface area contributed by atoms with Crippen LogP contribution in [0.5, 0.6) is 0 Å². The van der Waals surface area contributed by atoms with Crippen molar-refractivity contribution >= 4 is 17.7 Å². The minimum Gasteiger partial charge on any atom is -0.480 e. The third kappa shape index (κ3) is 6.75. The fourth-order valence-corrected chi connectivity index (χ4v) is 4.93. The first-order valence-electron chi connectivity index (χ1n) is 12.3. The quantitative estimate of drug-likeness (QED) is 0.482. The maximum Gasteiger partial charge on any atom is 0.326 e. The van der Waals surface area contributed by atoms with Gasteiger partial charge in [0, 0.05) is 37.0 Å². The summed E-state index contributed by atoms with van der Waals surface area (Å²) in [5.41, 5.74) is 0.321. The lowest BCUT2D eigenvalue weighted by Gasteiger charge is -2.38. The van der Waals surface area contributed by atoms with E-state index in [4.69, 9.17) is 0 Å². The van der Waals surface area contributed by atoms with E-state index in [1.807, 2.05) is 11.0 Å². The molecule has 1 amide bonds. The highest BCUT2D eigenvalue weighted by molar-refractivity contribution is 5.96. The summed E-state index contributed by atoms with van der Waals surface area (Å²) in [5.74, 6) is -3.12. The molecule has 1 saturated heterocycles. The van der Waals surface area contributed by atoms with Gasteiger partial charge in [-0.25, -0.2) is 22.9 Å². The predicted molar refractivity (Wildman–Crippen MR) is 129 cm³/mol. The molecule has 4 rings (SSSR count). The summed E-state index contributed by atoms with van der Waals surface area (Å²) < 4.78 is 42.5. The number of piperidine rings is 1. The van der Waals surface area contributed by atoms with Crippen molar-refractivity contribution in [3.63, 3.8) is 0 Å². The molecule has 7 nitrogen and oxygen atoms in total. The highest BCUT2D eigenvalue weighted by Gasteiger charge is 2.35. The molecule has 36 heavy (non-hydrogen) atoms. The summed E-state index contributed by atoms with van der Waals surface area (Å²) in [6.07, 6.45) is 4.00. The Balaban J connectivity index is 1.30. The molecular formula is C26H31F3N4O3. The summed E-state index contributed by atoms with van der Waals surface area (Å²) in [6, 6.07) is 5.05. The van der Waals surface area contributed by atoms with Crippen LogP contribution in [0.25, 0.3) is 0 Å². The van der Waals surface area contributed by atoms with Crippen LogP contribution in [0.4, 0.5) is 19.0 Å². The zero-order valence-corrected chi connectivity index (χ0v) is 20.0. The van der Waals surface area contributed by atoms with Gasteiger partial charge in [0.15, 0.2) is 0 Å². The molecule has 0 bridgehead atoms. The number of halogens is 3. The van der Waals surface area contributed by atoms with Gasteiger partial charge in [0.2, 0.25) is 0 Å². The van der Waals surface area contributed by atoms with Gasteiger partial charge in [0.25, 0.3) is 5.91 Å². The normalized spacial score (nSPS) is 20.8. The highest BCUT2D eigenvalue weighted by Crippen LogP contribution is 2.31. The molecule has 2 aliphatic heterocycles. The van der Waals surface area contributed by atoms with Crippen molar-refractivity contribution in [2.24, 2.45) is 0 Å². The van der Waals surface area contributed by atoms with E-state index >= 15 is 4.39 Å². The number of fused-ring (bicyclic) bond motifs is 1. The largest absolute Gasteiger partial charge is 0.480 e. The number of carbonyl (C=O) groups is 2. The molecule has 0 unspecified atom stereocenters. The number of carbonyl (C=O) groups excluding carboxylic acids is 1. The summed E-state index contributed by atoms with van der Waals surface area (Å²) in [5, 5.41) is 15.1. The number of anilines is 1. The van der Waals surface area contributed by atoms with E-state index in [-0.39, 0.29) is 25.1 Å². The van der Waals surface area contributed by atoms with E-state index in [0.717, 1.165) is 43.0 Å². The highest BCUT2D eigenvalue weighted by atomic mass is 19.1. The minimum absolute atomic E-state index is 0.0347. The molecule has 3 N–H and O–H groups in total. The predicted octanol–water partition coefficient (Wildman–Crippen LogP) is 3.73. The van der Waals surface area contributed by atoms with Crippen molar-refractivity contribution in [1.82, 2.24) is 15.2 Å². The lowest BCUT2D eigenvalue weighted by molar-refractivity contribution is -0.139. The van der Waals surface area contributed by atoms with Gasteiger partial charge < -0.3 is 20.6 Å². The molecule has 1 aromatic heterocycles. The molecule has 0 spiro atoms. The fraction of sp³-hybridized carbons (Fsp3) is 0.500. The number of hydrogen-bond acceptors (Lipinski definition) is 5. The average molecular weight is 505 g/mol. The number of benzene rings is 1. The Kier molecular flexibility index (Phi) is 8.13. The van der Waals surface area contributed by atoms with Crippen LogP contribution in [0.3, 0.4) is 0 Å². The number of pyridine rings is 1. The maximum absolute atomic E-state index is 15.7. The summed E-state index contributed by atoms with van der Waals surface area (Å²) in [6.45, 7) is 1.96. The lowest BCUT2D eigenvalue weighted by Crippen LogP contribution is -2.48. The standard InChI is InChI=1S/C26H31F3N4O3/c27-19-13-18(14-20(28)15-19)24(34)32-22(25(35)36)7-12-33-11-2-8-26(29,16-33)9-6-21-5-4-17-3-1-10-30-23(17)31-21/h4-5,13-15,22H,1-3,6-12,16H2,(H,30,31)(H,32,34)(H,35,36)/t22-,26+/m0/s1. The van der Waals surface area contributed by atoms with Crippen LogP contribution in [0.1, 0.15) is 53.7 Å². The Labute approximate surface area is 208 Å². The molecule has 1 aromatic carbocycles. The van der Waals surface area contributed by atoms with E-state index in [0.29, 0.717) is 38.3 Å². The number of alkyl halides is 1. The average Bonchev–Trinajstić information content (AvgIpc) is 2.84. The first kappa shape index (κ1) is 25.9. The van der Waals surface area contributed by atoms with Crippen molar-refractivity contribution in [2.75, 3.05) is 31.5 Å². The van der Waals surface area contributed by atoms with Gasteiger partial charge in [0.05, 0.1) is 0 Å². The monoisotopic (exact) mass is 504 g/mol. The zero-order chi connectivity index (χ0) is 25.7. The van der Waals surface area contributed by atoms with Gasteiger partial charge in [-0.3, -0.25) is 4.79 Å². The van der Waals surface area contributed by atoms with Crippen molar-refractivity contribution in [3.8, 4) is 0 Å². The summed E-state index contributed by atoms with van der Waals surface area (Å²) in [4.78, 5) is 30.5. The number of carboxylic acids is 1. The number of aliphatic carboxylic acids is 1. The number of likely N-dealkylation sites (tertiary alicyclic amines) is 1. The van der Waals surface area contributed by atoms with E-state index in [1.54, 1.807) is 0 Å². The van der Waals surface area contributed by atoms with Gasteiger partial charge in [-0.05, 0) is 75.3 Å². The van der Waals surface area contributed by atoms with Crippen molar-refractivity contribution in [3.05, 3.63) is 58.8 Å². The van der Waals surface area contributed by atoms with E-state index in [1.165, 1.54) is 5.56 Å². The molecule has 0 saturated carbocycles. The Morgan fingerprint density at radius 3 is 2.72 bits per heavy atom. The zero-order valence-electron chi connectivity index (χ0n) is 20.0. The second-order valence-corrected chi connectivity index (χ2v) is 9.68. The number of amides is 1. The second kappa shape index (κ2) is 11.3. The van der Waals surface area contributed by atoms with Crippen molar-refractivity contribution in [1.29, 1.82) is 0 Å². The number of aryl methyl sites for hydroxylation is 2. The van der Waals surface area contributed by atoms with Crippen molar-refractivity contribution in [2.45, 2.75) is 56.7 Å². The van der Waals surface area contributed by atoms with E-state index in [2.05, 4.69) is 21.7 Å². The molecule has 0 radical (unpaired) electrons. The molecule has 2 aliphatic rings. The van der Waals surface area contributed by atoms with Crippen LogP contribution < -0.4 is 10.6 Å². The SMILES string of the molecule is O=C(N[C@@H](CCN1CCC[C@@](F)(CCc2ccc3c(n2)NCCC3)C1)C(=O)O)c1cc(F)cc(F)c1. The van der Waals surface area contributed by atoms with Crippen LogP contribution in [-0.2, 0) is 17.6 Å². The van der Waals surface area contributed by atoms with Crippen LogP contribution in [0, 0.1) is 11.6 Å². The fourth-order valence-electron chi connectivity index (χ4n) is 4.93. The number of rotatable bonds is 9. The molecule has 2 aromatic rings.